The topological polar surface area (TPSA) is 65.0 Å². The van der Waals surface area contributed by atoms with Gasteiger partial charge >= 0.3 is 0 Å². The number of carbonyl (C=O) groups is 1. The van der Waals surface area contributed by atoms with Gasteiger partial charge in [-0.2, -0.15) is 0 Å². The summed E-state index contributed by atoms with van der Waals surface area (Å²) in [6.07, 6.45) is 1.93. The van der Waals surface area contributed by atoms with Crippen LogP contribution in [0.2, 0.25) is 0 Å². The third-order valence-corrected chi connectivity index (χ3v) is 6.81. The summed E-state index contributed by atoms with van der Waals surface area (Å²) in [6.45, 7) is 9.81. The molecule has 0 saturated carbocycles. The van der Waals surface area contributed by atoms with Gasteiger partial charge < -0.3 is 15.2 Å². The maximum atomic E-state index is 13.6. The van der Waals surface area contributed by atoms with Gasteiger partial charge in [-0.05, 0) is 49.2 Å². The van der Waals surface area contributed by atoms with Gasteiger partial charge in [0, 0.05) is 50.4 Å². The number of fused-ring (bicyclic) bond motifs is 1. The van der Waals surface area contributed by atoms with Crippen LogP contribution in [0, 0.1) is 5.82 Å². The molecule has 0 aromatic heterocycles. The lowest BCUT2D eigenvalue weighted by molar-refractivity contribution is -0.111. The van der Waals surface area contributed by atoms with Crippen LogP contribution in [0.5, 0.6) is 0 Å². The lowest BCUT2D eigenvalue weighted by Crippen LogP contribution is -2.46. The molecule has 1 amide bonds. The number of halogens is 1. The number of benzene rings is 2. The zero-order chi connectivity index (χ0) is 23.9. The number of nitrogens with zero attached hydrogens (tertiary/aromatic N) is 2. The first-order chi connectivity index (χ1) is 16.3. The number of aliphatic hydroxyl groups is 1. The van der Waals surface area contributed by atoms with Crippen LogP contribution in [0.15, 0.2) is 54.3 Å². The molecule has 0 unspecified atom stereocenters. The molecule has 0 bridgehead atoms. The minimum atomic E-state index is -0.601. The molecule has 0 spiro atoms. The molecule has 3 aliphatic heterocycles. The Morgan fingerprint density at radius 3 is 2.47 bits per heavy atom. The fourth-order valence-corrected chi connectivity index (χ4v) is 4.97. The monoisotopic (exact) mass is 463 g/mol. The first kappa shape index (κ1) is 22.8. The minimum Gasteiger partial charge on any atom is -0.482 e. The summed E-state index contributed by atoms with van der Waals surface area (Å²) in [7, 11) is 0. The van der Waals surface area contributed by atoms with Crippen LogP contribution in [-0.2, 0) is 16.1 Å². The standard InChI is InChI=1S/C27H30FN3O3/c1-27(2)22(16-24(34-27)25-21-8-7-20(28)15-23(21)29-26(25)33)19-5-3-18(4-6-19)17-31-11-9-30(10-12-31)13-14-32/h3-8,15-16,32H,9-14,17H2,1-2H3,(H,29,33). The molecule has 2 N–H and O–H groups in total. The van der Waals surface area contributed by atoms with E-state index in [1.807, 2.05) is 19.9 Å². The average Bonchev–Trinajstić information content (AvgIpc) is 3.30. The van der Waals surface area contributed by atoms with E-state index >= 15 is 0 Å². The van der Waals surface area contributed by atoms with Crippen molar-refractivity contribution in [1.29, 1.82) is 0 Å². The van der Waals surface area contributed by atoms with E-state index in [1.165, 1.54) is 17.7 Å². The number of aliphatic hydroxyl groups excluding tert-OH is 1. The van der Waals surface area contributed by atoms with Gasteiger partial charge in [-0.15, -0.1) is 0 Å². The Labute approximate surface area is 199 Å². The smallest absolute Gasteiger partial charge is 0.260 e. The van der Waals surface area contributed by atoms with Crippen LogP contribution < -0.4 is 5.32 Å². The van der Waals surface area contributed by atoms with Crippen LogP contribution in [0.3, 0.4) is 0 Å². The molecule has 0 atom stereocenters. The van der Waals surface area contributed by atoms with Gasteiger partial charge in [0.05, 0.1) is 17.9 Å². The predicted octanol–water partition coefficient (Wildman–Crippen LogP) is 3.49. The number of piperazine rings is 1. The van der Waals surface area contributed by atoms with Gasteiger partial charge in [-0.25, -0.2) is 4.39 Å². The molecule has 1 saturated heterocycles. The van der Waals surface area contributed by atoms with Crippen molar-refractivity contribution in [1.82, 2.24) is 9.80 Å². The van der Waals surface area contributed by atoms with Crippen molar-refractivity contribution in [2.45, 2.75) is 26.0 Å². The van der Waals surface area contributed by atoms with Crippen molar-refractivity contribution in [3.05, 3.63) is 76.8 Å². The van der Waals surface area contributed by atoms with Crippen molar-refractivity contribution in [2.75, 3.05) is 44.6 Å². The first-order valence-electron chi connectivity index (χ1n) is 11.8. The third kappa shape index (κ3) is 4.39. The zero-order valence-corrected chi connectivity index (χ0v) is 19.6. The first-order valence-corrected chi connectivity index (χ1v) is 11.8. The normalized spacial score (nSPS) is 22.4. The summed E-state index contributed by atoms with van der Waals surface area (Å²) < 4.78 is 19.8. The minimum absolute atomic E-state index is 0.214. The second-order valence-corrected chi connectivity index (χ2v) is 9.59. The van der Waals surface area contributed by atoms with E-state index in [9.17, 15) is 9.18 Å². The largest absolute Gasteiger partial charge is 0.482 e. The summed E-state index contributed by atoms with van der Waals surface area (Å²) in [6, 6.07) is 12.8. The molecule has 0 aliphatic carbocycles. The average molecular weight is 464 g/mol. The van der Waals surface area contributed by atoms with Crippen molar-refractivity contribution in [3.63, 3.8) is 0 Å². The molecule has 1 fully saturated rings. The lowest BCUT2D eigenvalue weighted by Gasteiger charge is -2.34. The number of carbonyl (C=O) groups excluding carboxylic acids is 1. The van der Waals surface area contributed by atoms with E-state index in [-0.39, 0.29) is 18.3 Å². The molecular formula is C27H30FN3O3. The van der Waals surface area contributed by atoms with Crippen LogP contribution in [0.4, 0.5) is 10.1 Å². The molecule has 3 aliphatic rings. The molecule has 7 heteroatoms. The highest BCUT2D eigenvalue weighted by molar-refractivity contribution is 6.32. The van der Waals surface area contributed by atoms with Gasteiger partial charge in [0.25, 0.3) is 5.91 Å². The van der Waals surface area contributed by atoms with Gasteiger partial charge in [-0.3, -0.25) is 14.6 Å². The number of rotatable bonds is 5. The maximum Gasteiger partial charge on any atom is 0.260 e. The summed E-state index contributed by atoms with van der Waals surface area (Å²) in [5.41, 5.74) is 4.27. The highest BCUT2D eigenvalue weighted by atomic mass is 19.1. The highest BCUT2D eigenvalue weighted by Crippen LogP contribution is 2.44. The van der Waals surface area contributed by atoms with E-state index in [0.717, 1.165) is 50.4 Å². The fourth-order valence-electron chi connectivity index (χ4n) is 4.97. The number of ether oxygens (including phenoxy) is 1. The van der Waals surface area contributed by atoms with Crippen molar-refractivity contribution in [2.24, 2.45) is 0 Å². The molecule has 5 rings (SSSR count). The number of hydrogen-bond acceptors (Lipinski definition) is 5. The van der Waals surface area contributed by atoms with Crippen molar-refractivity contribution >= 4 is 22.7 Å². The van der Waals surface area contributed by atoms with Crippen molar-refractivity contribution in [3.8, 4) is 0 Å². The lowest BCUT2D eigenvalue weighted by atomic mass is 9.91. The van der Waals surface area contributed by atoms with Gasteiger partial charge in [0.1, 0.15) is 17.2 Å². The molecule has 2 aromatic carbocycles. The van der Waals surface area contributed by atoms with Gasteiger partial charge in [0.15, 0.2) is 0 Å². The van der Waals surface area contributed by atoms with E-state index in [2.05, 4.69) is 39.4 Å². The SMILES string of the molecule is CC1(C)OC(=C2C(=O)Nc3cc(F)ccc32)C=C1c1ccc(CN2CCN(CCO)CC2)cc1. The molecule has 178 valence electrons. The molecule has 6 nitrogen and oxygen atoms in total. The summed E-state index contributed by atoms with van der Waals surface area (Å²) >= 11 is 0. The zero-order valence-electron chi connectivity index (χ0n) is 19.6. The highest BCUT2D eigenvalue weighted by Gasteiger charge is 2.38. The predicted molar refractivity (Wildman–Crippen MR) is 130 cm³/mol. The van der Waals surface area contributed by atoms with Crippen LogP contribution in [0.25, 0.3) is 11.1 Å². The van der Waals surface area contributed by atoms with E-state index in [4.69, 9.17) is 9.84 Å². The maximum absolute atomic E-state index is 13.6. The van der Waals surface area contributed by atoms with E-state index in [1.54, 1.807) is 6.07 Å². The van der Waals surface area contributed by atoms with Crippen molar-refractivity contribution < 1.29 is 19.0 Å². The van der Waals surface area contributed by atoms with Crippen LogP contribution in [0.1, 0.15) is 30.5 Å². The number of anilines is 1. The quantitative estimate of drug-likeness (QED) is 0.665. The molecule has 34 heavy (non-hydrogen) atoms. The van der Waals surface area contributed by atoms with Crippen LogP contribution >= 0.6 is 0 Å². The number of amides is 1. The summed E-state index contributed by atoms with van der Waals surface area (Å²) in [4.78, 5) is 17.4. The molecule has 2 aromatic rings. The Hall–Kier alpha value is -3.00. The number of hydrogen-bond donors (Lipinski definition) is 2. The Morgan fingerprint density at radius 2 is 1.76 bits per heavy atom. The van der Waals surface area contributed by atoms with Crippen LogP contribution in [-0.4, -0.2) is 65.7 Å². The number of allylic oxidation sites excluding steroid dienone is 1. The fraction of sp³-hybridized carbons (Fsp3) is 0.370. The second kappa shape index (κ2) is 8.98. The third-order valence-electron chi connectivity index (χ3n) is 6.81. The summed E-state index contributed by atoms with van der Waals surface area (Å²) in [5, 5.41) is 11.8. The number of nitrogens with one attached hydrogen (secondary N) is 1. The Balaban J connectivity index is 1.35. The Morgan fingerprint density at radius 1 is 1.06 bits per heavy atom. The number of β-amino-alcohol motifs (C(OH)–C–C–N with tert-alkyl or cyclic N) is 1. The van der Waals surface area contributed by atoms with E-state index in [0.29, 0.717) is 22.6 Å². The van der Waals surface area contributed by atoms with E-state index < -0.39 is 5.60 Å². The van der Waals surface area contributed by atoms with Gasteiger partial charge in [0.2, 0.25) is 0 Å². The molecule has 0 radical (unpaired) electrons. The Bertz CT molecular complexity index is 1160. The summed E-state index contributed by atoms with van der Waals surface area (Å²) in [5.74, 6) is -0.160. The second-order valence-electron chi connectivity index (χ2n) is 9.59. The van der Waals surface area contributed by atoms with Gasteiger partial charge in [-0.1, -0.05) is 24.3 Å². The Kier molecular flexibility index (Phi) is 6.02. The molecule has 3 heterocycles. The molecular weight excluding hydrogens is 433 g/mol.